The summed E-state index contributed by atoms with van der Waals surface area (Å²) in [4.78, 5) is 25.7. The zero-order chi connectivity index (χ0) is 23.6. The molecule has 180 valence electrons. The van der Waals surface area contributed by atoms with E-state index in [0.717, 1.165) is 50.1 Å². The number of benzene rings is 1. The van der Waals surface area contributed by atoms with E-state index < -0.39 is 5.60 Å². The molecule has 0 saturated carbocycles. The minimum absolute atomic E-state index is 0.195. The van der Waals surface area contributed by atoms with Crippen molar-refractivity contribution in [2.45, 2.75) is 64.9 Å². The lowest BCUT2D eigenvalue weighted by Gasteiger charge is -2.33. The van der Waals surface area contributed by atoms with Gasteiger partial charge in [0.05, 0.1) is 19.6 Å². The van der Waals surface area contributed by atoms with Crippen LogP contribution in [0, 0.1) is 11.8 Å². The van der Waals surface area contributed by atoms with Gasteiger partial charge in [0.1, 0.15) is 11.4 Å². The van der Waals surface area contributed by atoms with Gasteiger partial charge in [-0.3, -0.25) is 4.79 Å². The number of likely N-dealkylation sites (tertiary alicyclic amines) is 1. The molecular weight excluding hydrogens is 408 g/mol. The summed E-state index contributed by atoms with van der Waals surface area (Å²) >= 11 is 0. The second kappa shape index (κ2) is 12.7. The van der Waals surface area contributed by atoms with Crippen molar-refractivity contribution in [2.24, 2.45) is 17.6 Å². The minimum Gasteiger partial charge on any atom is -0.494 e. The summed E-state index contributed by atoms with van der Waals surface area (Å²) in [6.07, 6.45) is 5.74. The Labute approximate surface area is 192 Å². The van der Waals surface area contributed by atoms with Gasteiger partial charge in [0.2, 0.25) is 0 Å². The molecule has 7 nitrogen and oxygen atoms in total. The van der Waals surface area contributed by atoms with Crippen LogP contribution in [0.3, 0.4) is 0 Å². The number of methoxy groups -OCH3 is 1. The summed E-state index contributed by atoms with van der Waals surface area (Å²) in [6.45, 7) is 8.21. The molecule has 1 aromatic carbocycles. The van der Waals surface area contributed by atoms with Crippen molar-refractivity contribution < 1.29 is 23.8 Å². The highest BCUT2D eigenvalue weighted by atomic mass is 16.6. The van der Waals surface area contributed by atoms with Crippen LogP contribution >= 0.6 is 0 Å². The number of piperidine rings is 1. The SMILES string of the molecule is COC(=O)C(CN)Cc1ccc(OCCCCC2CCN(C(=O)OC(C)(C)C)CC2)cc1. The van der Waals surface area contributed by atoms with Crippen molar-refractivity contribution >= 4 is 12.1 Å². The lowest BCUT2D eigenvalue weighted by molar-refractivity contribution is -0.145. The number of hydrogen-bond acceptors (Lipinski definition) is 6. The van der Waals surface area contributed by atoms with E-state index in [1.165, 1.54) is 13.5 Å². The number of hydrogen-bond donors (Lipinski definition) is 1. The lowest BCUT2D eigenvalue weighted by Crippen LogP contribution is -2.41. The van der Waals surface area contributed by atoms with Crippen molar-refractivity contribution in [2.75, 3.05) is 33.4 Å². The highest BCUT2D eigenvalue weighted by Crippen LogP contribution is 2.24. The Morgan fingerprint density at radius 2 is 1.78 bits per heavy atom. The lowest BCUT2D eigenvalue weighted by atomic mass is 9.92. The quantitative estimate of drug-likeness (QED) is 0.427. The van der Waals surface area contributed by atoms with Gasteiger partial charge in [-0.05, 0) is 76.5 Å². The third-order valence-corrected chi connectivity index (χ3v) is 5.77. The smallest absolute Gasteiger partial charge is 0.410 e. The highest BCUT2D eigenvalue weighted by molar-refractivity contribution is 5.73. The first-order chi connectivity index (χ1) is 15.2. The summed E-state index contributed by atoms with van der Waals surface area (Å²) in [5, 5.41) is 0. The monoisotopic (exact) mass is 448 g/mol. The van der Waals surface area contributed by atoms with E-state index in [2.05, 4.69) is 0 Å². The normalized spacial score (nSPS) is 15.8. The largest absolute Gasteiger partial charge is 0.494 e. The molecule has 1 unspecified atom stereocenters. The third kappa shape index (κ3) is 9.07. The number of nitrogens with zero attached hydrogens (tertiary/aromatic N) is 1. The Balaban J connectivity index is 1.60. The molecule has 1 aliphatic heterocycles. The van der Waals surface area contributed by atoms with Crippen molar-refractivity contribution in [3.8, 4) is 5.75 Å². The van der Waals surface area contributed by atoms with Crippen molar-refractivity contribution in [1.29, 1.82) is 0 Å². The maximum atomic E-state index is 12.1. The molecule has 0 spiro atoms. The molecule has 1 atom stereocenters. The summed E-state index contributed by atoms with van der Waals surface area (Å²) < 4.78 is 16.1. The molecule has 1 aliphatic rings. The van der Waals surface area contributed by atoms with E-state index in [0.29, 0.717) is 18.9 Å². The average molecular weight is 449 g/mol. The second-order valence-electron chi connectivity index (χ2n) is 9.56. The Bertz CT molecular complexity index is 706. The summed E-state index contributed by atoms with van der Waals surface area (Å²) in [5.41, 5.74) is 6.27. The fourth-order valence-corrected chi connectivity index (χ4v) is 3.89. The van der Waals surface area contributed by atoms with Gasteiger partial charge in [0.15, 0.2) is 0 Å². The first kappa shape index (κ1) is 26.0. The van der Waals surface area contributed by atoms with Gasteiger partial charge in [-0.1, -0.05) is 18.6 Å². The van der Waals surface area contributed by atoms with Crippen molar-refractivity contribution in [3.63, 3.8) is 0 Å². The average Bonchev–Trinajstić information content (AvgIpc) is 2.77. The standard InChI is InChI=1S/C25H40N2O5/c1-25(2,3)32-24(29)27-14-12-19(13-15-27)7-5-6-16-31-22-10-8-20(9-11-22)17-21(18-26)23(28)30-4/h8-11,19,21H,5-7,12-18,26H2,1-4H3. The molecule has 7 heteroatoms. The predicted octanol–water partition coefficient (Wildman–Crippen LogP) is 4.17. The Hall–Kier alpha value is -2.28. The van der Waals surface area contributed by atoms with E-state index in [9.17, 15) is 9.59 Å². The van der Waals surface area contributed by atoms with Gasteiger partial charge in [-0.25, -0.2) is 4.79 Å². The summed E-state index contributed by atoms with van der Waals surface area (Å²) in [6, 6.07) is 7.82. The number of carbonyl (C=O) groups excluding carboxylic acids is 2. The molecule has 32 heavy (non-hydrogen) atoms. The Morgan fingerprint density at radius 3 is 2.34 bits per heavy atom. The van der Waals surface area contributed by atoms with Crippen molar-refractivity contribution in [3.05, 3.63) is 29.8 Å². The summed E-state index contributed by atoms with van der Waals surface area (Å²) in [7, 11) is 1.38. The topological polar surface area (TPSA) is 91.1 Å². The van der Waals surface area contributed by atoms with Crippen LogP contribution in [0.2, 0.25) is 0 Å². The van der Waals surface area contributed by atoms with E-state index in [-0.39, 0.29) is 24.5 Å². The molecule has 1 fully saturated rings. The Kier molecular flexibility index (Phi) is 10.3. The van der Waals surface area contributed by atoms with Gasteiger partial charge >= 0.3 is 12.1 Å². The zero-order valence-electron chi connectivity index (χ0n) is 20.1. The molecule has 2 N–H and O–H groups in total. The van der Waals surface area contributed by atoms with E-state index >= 15 is 0 Å². The number of carbonyl (C=O) groups is 2. The maximum Gasteiger partial charge on any atom is 0.410 e. The molecule has 1 amide bonds. The second-order valence-corrected chi connectivity index (χ2v) is 9.56. The summed E-state index contributed by atoms with van der Waals surface area (Å²) in [5.74, 6) is 0.908. The van der Waals surface area contributed by atoms with Crippen LogP contribution < -0.4 is 10.5 Å². The maximum absolute atomic E-state index is 12.1. The third-order valence-electron chi connectivity index (χ3n) is 5.77. The fourth-order valence-electron chi connectivity index (χ4n) is 3.89. The predicted molar refractivity (Wildman–Crippen MR) is 125 cm³/mol. The molecule has 1 saturated heterocycles. The number of nitrogens with two attached hydrogens (primary N) is 1. The van der Waals surface area contributed by atoms with Crippen LogP contribution in [0.15, 0.2) is 24.3 Å². The van der Waals surface area contributed by atoms with Gasteiger partial charge in [0.25, 0.3) is 0 Å². The molecule has 0 bridgehead atoms. The molecule has 0 aliphatic carbocycles. The first-order valence-electron chi connectivity index (χ1n) is 11.7. The number of rotatable bonds is 10. The van der Waals surface area contributed by atoms with E-state index in [4.69, 9.17) is 19.9 Å². The van der Waals surface area contributed by atoms with Gasteiger partial charge < -0.3 is 24.8 Å². The number of esters is 1. The van der Waals surface area contributed by atoms with Crippen LogP contribution in [-0.4, -0.2) is 55.9 Å². The molecule has 0 aromatic heterocycles. The van der Waals surface area contributed by atoms with E-state index in [1.807, 2.05) is 49.9 Å². The van der Waals surface area contributed by atoms with Crippen LogP contribution in [0.1, 0.15) is 58.4 Å². The fraction of sp³-hybridized carbons (Fsp3) is 0.680. The first-order valence-corrected chi connectivity index (χ1v) is 11.7. The molecule has 1 aromatic rings. The molecule has 2 rings (SSSR count). The van der Waals surface area contributed by atoms with Gasteiger partial charge in [-0.2, -0.15) is 0 Å². The number of unbranched alkanes of at least 4 members (excludes halogenated alkanes) is 1. The van der Waals surface area contributed by atoms with Crippen LogP contribution in [0.5, 0.6) is 5.75 Å². The Morgan fingerprint density at radius 1 is 1.12 bits per heavy atom. The van der Waals surface area contributed by atoms with Crippen LogP contribution in [0.4, 0.5) is 4.79 Å². The van der Waals surface area contributed by atoms with Crippen molar-refractivity contribution in [1.82, 2.24) is 4.90 Å². The number of ether oxygens (including phenoxy) is 3. The highest BCUT2D eigenvalue weighted by Gasteiger charge is 2.26. The molecule has 1 heterocycles. The zero-order valence-corrected chi connectivity index (χ0v) is 20.1. The molecular formula is C25H40N2O5. The molecule has 0 radical (unpaired) electrons. The van der Waals surface area contributed by atoms with Crippen LogP contribution in [0.25, 0.3) is 0 Å². The van der Waals surface area contributed by atoms with Crippen LogP contribution in [-0.2, 0) is 20.7 Å². The minimum atomic E-state index is -0.440. The number of amides is 1. The van der Waals surface area contributed by atoms with Gasteiger partial charge in [0, 0.05) is 19.6 Å². The van der Waals surface area contributed by atoms with Gasteiger partial charge in [-0.15, -0.1) is 0 Å². The van der Waals surface area contributed by atoms with E-state index in [1.54, 1.807) is 0 Å².